The zero-order valence-corrected chi connectivity index (χ0v) is 15.0. The molecule has 23 heavy (non-hydrogen) atoms. The van der Waals surface area contributed by atoms with Crippen LogP contribution in [0.25, 0.3) is 21.9 Å². The van der Waals surface area contributed by atoms with E-state index in [1.54, 1.807) is 0 Å². The summed E-state index contributed by atoms with van der Waals surface area (Å²) >= 11 is 0. The Morgan fingerprint density at radius 1 is 0.696 bits per heavy atom. The molecule has 0 fully saturated rings. The van der Waals surface area contributed by atoms with Crippen LogP contribution in [0.1, 0.15) is 38.8 Å². The first-order valence-electron chi connectivity index (χ1n) is 8.55. The van der Waals surface area contributed by atoms with E-state index in [4.69, 9.17) is 4.74 Å². The minimum absolute atomic E-state index is 0.962. The molecule has 0 unspecified atom stereocenters. The van der Waals surface area contributed by atoms with Crippen molar-refractivity contribution in [1.82, 2.24) is 0 Å². The number of hydrogen-bond donors (Lipinski definition) is 0. The van der Waals surface area contributed by atoms with Crippen LogP contribution in [0.4, 0.5) is 0 Å². The van der Waals surface area contributed by atoms with Crippen LogP contribution in [0.5, 0.6) is 11.5 Å². The van der Waals surface area contributed by atoms with Crippen molar-refractivity contribution in [2.45, 2.75) is 41.5 Å². The van der Waals surface area contributed by atoms with Crippen molar-refractivity contribution >= 4 is 10.8 Å². The van der Waals surface area contributed by atoms with Crippen LogP contribution in [0.15, 0.2) is 48.5 Å². The third-order valence-corrected chi connectivity index (χ3v) is 3.87. The molecule has 3 aromatic rings. The van der Waals surface area contributed by atoms with Gasteiger partial charge in [-0.25, -0.2) is 0 Å². The Bertz CT molecular complexity index is 816. The van der Waals surface area contributed by atoms with E-state index < -0.39 is 0 Å². The standard InChI is InChI=1S/C18H14O.2C2H6/c1-11-6-8-14-15-5-3-4-13-12(2)7-9-16(18(13)15)19-17(14)10-11;2*1-2/h3-10H,1-2H3;2*1-2H3. The molecule has 0 amide bonds. The van der Waals surface area contributed by atoms with Gasteiger partial charge < -0.3 is 4.74 Å². The maximum absolute atomic E-state index is 6.09. The lowest BCUT2D eigenvalue weighted by Gasteiger charge is -2.22. The third kappa shape index (κ3) is 2.96. The second-order valence-corrected chi connectivity index (χ2v) is 5.21. The van der Waals surface area contributed by atoms with E-state index in [9.17, 15) is 0 Å². The summed E-state index contributed by atoms with van der Waals surface area (Å²) in [5.74, 6) is 1.93. The largest absolute Gasteiger partial charge is 0.456 e. The van der Waals surface area contributed by atoms with Crippen molar-refractivity contribution in [3.63, 3.8) is 0 Å². The summed E-state index contributed by atoms with van der Waals surface area (Å²) in [7, 11) is 0. The fourth-order valence-electron chi connectivity index (χ4n) is 2.88. The highest BCUT2D eigenvalue weighted by Gasteiger charge is 2.20. The molecule has 1 heteroatoms. The molecular formula is C22H26O. The molecule has 0 aliphatic carbocycles. The molecule has 0 saturated heterocycles. The van der Waals surface area contributed by atoms with Crippen LogP contribution in [0.2, 0.25) is 0 Å². The molecular weight excluding hydrogens is 280 g/mol. The summed E-state index contributed by atoms with van der Waals surface area (Å²) in [6.45, 7) is 12.2. The van der Waals surface area contributed by atoms with Crippen molar-refractivity contribution < 1.29 is 4.74 Å². The average molecular weight is 306 g/mol. The van der Waals surface area contributed by atoms with Crippen molar-refractivity contribution in [3.8, 4) is 22.6 Å². The quantitative estimate of drug-likeness (QED) is 0.331. The highest BCUT2D eigenvalue weighted by Crippen LogP contribution is 2.47. The van der Waals surface area contributed by atoms with Gasteiger partial charge in [0.2, 0.25) is 0 Å². The van der Waals surface area contributed by atoms with Gasteiger partial charge in [0, 0.05) is 10.9 Å². The van der Waals surface area contributed by atoms with E-state index in [0.717, 1.165) is 11.5 Å². The number of fused-ring (bicyclic) bond motifs is 2. The number of benzene rings is 3. The Morgan fingerprint density at radius 2 is 1.43 bits per heavy atom. The minimum Gasteiger partial charge on any atom is -0.456 e. The van der Waals surface area contributed by atoms with Gasteiger partial charge in [-0.15, -0.1) is 0 Å². The fourth-order valence-corrected chi connectivity index (χ4v) is 2.88. The fraction of sp³-hybridized carbons (Fsp3) is 0.273. The van der Waals surface area contributed by atoms with Gasteiger partial charge in [-0.05, 0) is 48.1 Å². The van der Waals surface area contributed by atoms with Crippen LogP contribution in [-0.4, -0.2) is 0 Å². The Balaban J connectivity index is 0.000000448. The van der Waals surface area contributed by atoms with Crippen LogP contribution in [0, 0.1) is 13.8 Å². The number of rotatable bonds is 0. The topological polar surface area (TPSA) is 9.23 Å². The molecule has 0 N–H and O–H groups in total. The number of ether oxygens (including phenoxy) is 1. The third-order valence-electron chi connectivity index (χ3n) is 3.87. The molecule has 0 atom stereocenters. The second kappa shape index (κ2) is 7.32. The van der Waals surface area contributed by atoms with Crippen LogP contribution in [0.3, 0.4) is 0 Å². The van der Waals surface area contributed by atoms with E-state index in [2.05, 4.69) is 62.4 Å². The SMILES string of the molecule is CC.CC.Cc1ccc2c(c1)Oc1ccc(C)c3cccc-2c13. The Hall–Kier alpha value is -2.28. The first-order chi connectivity index (χ1) is 11.2. The maximum Gasteiger partial charge on any atom is 0.135 e. The molecule has 4 rings (SSSR count). The average Bonchev–Trinajstić information content (AvgIpc) is 2.61. The Morgan fingerprint density at radius 3 is 2.17 bits per heavy atom. The van der Waals surface area contributed by atoms with E-state index in [1.807, 2.05) is 27.7 Å². The molecule has 1 aliphatic heterocycles. The molecule has 1 nitrogen and oxygen atoms in total. The van der Waals surface area contributed by atoms with Gasteiger partial charge in [0.15, 0.2) is 0 Å². The molecule has 0 radical (unpaired) electrons. The monoisotopic (exact) mass is 306 g/mol. The van der Waals surface area contributed by atoms with Gasteiger partial charge in [0.25, 0.3) is 0 Å². The van der Waals surface area contributed by atoms with Gasteiger partial charge in [-0.1, -0.05) is 64.1 Å². The lowest BCUT2D eigenvalue weighted by atomic mass is 9.92. The number of hydrogen-bond acceptors (Lipinski definition) is 1. The van der Waals surface area contributed by atoms with Crippen molar-refractivity contribution in [1.29, 1.82) is 0 Å². The van der Waals surface area contributed by atoms with E-state index in [1.165, 1.54) is 33.0 Å². The summed E-state index contributed by atoms with van der Waals surface area (Å²) < 4.78 is 6.09. The summed E-state index contributed by atoms with van der Waals surface area (Å²) in [6, 6.07) is 17.1. The highest BCUT2D eigenvalue weighted by atomic mass is 16.5. The first-order valence-corrected chi connectivity index (χ1v) is 8.55. The van der Waals surface area contributed by atoms with Crippen molar-refractivity contribution in [3.05, 3.63) is 59.7 Å². The highest BCUT2D eigenvalue weighted by molar-refractivity contribution is 6.05. The zero-order chi connectivity index (χ0) is 17.0. The first kappa shape index (κ1) is 17.1. The minimum atomic E-state index is 0.962. The zero-order valence-electron chi connectivity index (χ0n) is 15.0. The van der Waals surface area contributed by atoms with Crippen LogP contribution >= 0.6 is 0 Å². The smallest absolute Gasteiger partial charge is 0.135 e. The van der Waals surface area contributed by atoms with Crippen LogP contribution in [-0.2, 0) is 0 Å². The molecule has 0 saturated carbocycles. The van der Waals surface area contributed by atoms with E-state index >= 15 is 0 Å². The molecule has 120 valence electrons. The lowest BCUT2D eigenvalue weighted by Crippen LogP contribution is -1.98. The van der Waals surface area contributed by atoms with Gasteiger partial charge in [-0.3, -0.25) is 0 Å². The summed E-state index contributed by atoms with van der Waals surface area (Å²) in [5, 5.41) is 2.51. The molecule has 0 aromatic heterocycles. The molecule has 1 heterocycles. The Kier molecular flexibility index (Phi) is 5.44. The van der Waals surface area contributed by atoms with Gasteiger partial charge in [-0.2, -0.15) is 0 Å². The van der Waals surface area contributed by atoms with Gasteiger partial charge in [0.1, 0.15) is 11.5 Å². The molecule has 1 aliphatic rings. The summed E-state index contributed by atoms with van der Waals surface area (Å²) in [5.41, 5.74) is 4.98. The van der Waals surface area contributed by atoms with Crippen molar-refractivity contribution in [2.24, 2.45) is 0 Å². The van der Waals surface area contributed by atoms with E-state index in [-0.39, 0.29) is 0 Å². The normalized spacial score (nSPS) is 10.5. The summed E-state index contributed by atoms with van der Waals surface area (Å²) in [4.78, 5) is 0. The predicted octanol–water partition coefficient (Wildman–Crippen LogP) is 7.28. The van der Waals surface area contributed by atoms with Crippen molar-refractivity contribution in [2.75, 3.05) is 0 Å². The Labute approximate surface area is 139 Å². The van der Waals surface area contributed by atoms with E-state index in [0.29, 0.717) is 0 Å². The molecule has 3 aromatic carbocycles. The second-order valence-electron chi connectivity index (χ2n) is 5.21. The maximum atomic E-state index is 6.09. The summed E-state index contributed by atoms with van der Waals surface area (Å²) in [6.07, 6.45) is 0. The predicted molar refractivity (Wildman–Crippen MR) is 102 cm³/mol. The molecule has 0 spiro atoms. The number of aryl methyl sites for hydroxylation is 2. The van der Waals surface area contributed by atoms with Gasteiger partial charge in [0.05, 0.1) is 0 Å². The lowest BCUT2D eigenvalue weighted by molar-refractivity contribution is 0.486. The van der Waals surface area contributed by atoms with Gasteiger partial charge >= 0.3 is 0 Å². The molecule has 0 bridgehead atoms. The van der Waals surface area contributed by atoms with Crippen LogP contribution < -0.4 is 4.74 Å².